The van der Waals surface area contributed by atoms with Gasteiger partial charge in [-0.1, -0.05) is 55.5 Å². The number of hydrogen-bond acceptors (Lipinski definition) is 0. The molecule has 0 bridgehead atoms. The number of fused-ring (bicyclic) bond motifs is 2. The minimum absolute atomic E-state index is 0.647. The van der Waals surface area contributed by atoms with Crippen molar-refractivity contribution in [2.45, 2.75) is 19.8 Å². The molecule has 4 rings (SSSR count). The molecule has 4 aliphatic carbocycles. The molecule has 4 aliphatic rings. The molecule has 0 aromatic carbocycles. The maximum Gasteiger partial charge on any atom is -0.00869 e. The monoisotopic (exact) mass is 234 g/mol. The molecular weight excluding hydrogens is 216 g/mol. The molecule has 0 nitrogen and oxygen atoms in total. The highest BCUT2D eigenvalue weighted by molar-refractivity contribution is 5.56. The molecule has 1 fully saturated rings. The van der Waals surface area contributed by atoms with E-state index in [-0.39, 0.29) is 0 Å². The lowest BCUT2D eigenvalue weighted by atomic mass is 9.85. The minimum atomic E-state index is 0.647. The van der Waals surface area contributed by atoms with Gasteiger partial charge in [0.1, 0.15) is 0 Å². The van der Waals surface area contributed by atoms with Crippen LogP contribution in [-0.2, 0) is 0 Å². The summed E-state index contributed by atoms with van der Waals surface area (Å²) < 4.78 is 0. The summed E-state index contributed by atoms with van der Waals surface area (Å²) in [5, 5.41) is 0. The zero-order valence-corrected chi connectivity index (χ0v) is 10.8. The zero-order valence-electron chi connectivity index (χ0n) is 10.8. The van der Waals surface area contributed by atoms with Crippen molar-refractivity contribution in [3.8, 4) is 0 Å². The van der Waals surface area contributed by atoms with Crippen molar-refractivity contribution in [1.29, 1.82) is 0 Å². The summed E-state index contributed by atoms with van der Waals surface area (Å²) in [5.41, 5.74) is 5.88. The van der Waals surface area contributed by atoms with Gasteiger partial charge < -0.3 is 0 Å². The second-order valence-corrected chi connectivity index (χ2v) is 5.89. The maximum atomic E-state index is 2.39. The van der Waals surface area contributed by atoms with Crippen molar-refractivity contribution >= 4 is 0 Å². The van der Waals surface area contributed by atoms with Gasteiger partial charge in [-0.05, 0) is 52.9 Å². The summed E-state index contributed by atoms with van der Waals surface area (Å²) in [4.78, 5) is 0. The Bertz CT molecular complexity index is 549. The van der Waals surface area contributed by atoms with Gasteiger partial charge in [0, 0.05) is 0 Å². The predicted octanol–water partition coefficient (Wildman–Crippen LogP) is 4.51. The normalized spacial score (nSPS) is 39.5. The summed E-state index contributed by atoms with van der Waals surface area (Å²) >= 11 is 0. The second kappa shape index (κ2) is 3.71. The Hall–Kier alpha value is -1.56. The Balaban J connectivity index is 1.79. The Kier molecular flexibility index (Phi) is 2.14. The van der Waals surface area contributed by atoms with E-state index in [0.29, 0.717) is 5.92 Å². The number of allylic oxidation sites excluding steroid dienone is 12. The molecule has 0 N–H and O–H groups in total. The van der Waals surface area contributed by atoms with Crippen LogP contribution in [0.25, 0.3) is 0 Å². The SMILES string of the molecule is CC1CC=CC2=C1/C=C\C1=C(/C=C\2)[C@H]2CC2C=C1. The quantitative estimate of drug-likeness (QED) is 0.578. The topological polar surface area (TPSA) is 0 Å². The molecule has 0 heteroatoms. The highest BCUT2D eigenvalue weighted by Gasteiger charge is 2.39. The first-order valence-corrected chi connectivity index (χ1v) is 7.02. The lowest BCUT2D eigenvalue weighted by Crippen LogP contribution is -2.05. The van der Waals surface area contributed by atoms with E-state index in [9.17, 15) is 0 Å². The van der Waals surface area contributed by atoms with Crippen molar-refractivity contribution in [2.24, 2.45) is 17.8 Å². The fourth-order valence-corrected chi connectivity index (χ4v) is 3.37. The van der Waals surface area contributed by atoms with Gasteiger partial charge in [0.25, 0.3) is 0 Å². The number of rotatable bonds is 0. The predicted molar refractivity (Wildman–Crippen MR) is 76.0 cm³/mol. The van der Waals surface area contributed by atoms with Crippen LogP contribution in [0.15, 0.2) is 70.9 Å². The van der Waals surface area contributed by atoms with Crippen molar-refractivity contribution < 1.29 is 0 Å². The number of hydrogen-bond donors (Lipinski definition) is 0. The molecular formula is C18H18. The van der Waals surface area contributed by atoms with Crippen molar-refractivity contribution in [1.82, 2.24) is 0 Å². The average Bonchev–Trinajstić information content (AvgIpc) is 3.11. The van der Waals surface area contributed by atoms with E-state index in [1.807, 2.05) is 0 Å². The third-order valence-corrected chi connectivity index (χ3v) is 4.63. The molecule has 3 atom stereocenters. The summed E-state index contributed by atoms with van der Waals surface area (Å²) in [5.74, 6) is 2.28. The van der Waals surface area contributed by atoms with Gasteiger partial charge in [0.05, 0.1) is 0 Å². The van der Waals surface area contributed by atoms with E-state index in [2.05, 4.69) is 55.5 Å². The first-order chi connectivity index (χ1) is 8.83. The third-order valence-electron chi connectivity index (χ3n) is 4.63. The molecule has 0 heterocycles. The first-order valence-electron chi connectivity index (χ1n) is 7.02. The van der Waals surface area contributed by atoms with Gasteiger partial charge in [0.2, 0.25) is 0 Å². The molecule has 1 saturated carbocycles. The van der Waals surface area contributed by atoms with Crippen LogP contribution in [0.4, 0.5) is 0 Å². The lowest BCUT2D eigenvalue weighted by molar-refractivity contribution is 0.698. The molecule has 0 aromatic rings. The molecule has 0 aromatic heterocycles. The summed E-state index contributed by atoms with van der Waals surface area (Å²) in [6, 6.07) is 0. The average molecular weight is 234 g/mol. The Morgan fingerprint density at radius 3 is 2.56 bits per heavy atom. The fourth-order valence-electron chi connectivity index (χ4n) is 3.37. The van der Waals surface area contributed by atoms with Crippen molar-refractivity contribution in [3.63, 3.8) is 0 Å². The Morgan fingerprint density at radius 1 is 0.889 bits per heavy atom. The smallest absolute Gasteiger partial charge is 0.00869 e. The van der Waals surface area contributed by atoms with Gasteiger partial charge in [0.15, 0.2) is 0 Å². The van der Waals surface area contributed by atoms with Gasteiger partial charge in [-0.25, -0.2) is 0 Å². The van der Waals surface area contributed by atoms with Gasteiger partial charge in [-0.15, -0.1) is 0 Å². The van der Waals surface area contributed by atoms with Crippen LogP contribution >= 0.6 is 0 Å². The van der Waals surface area contributed by atoms with Crippen LogP contribution in [0.3, 0.4) is 0 Å². The largest absolute Gasteiger partial charge is 0.0833 e. The van der Waals surface area contributed by atoms with Crippen LogP contribution < -0.4 is 0 Å². The first kappa shape index (κ1) is 10.4. The van der Waals surface area contributed by atoms with Gasteiger partial charge in [-0.3, -0.25) is 0 Å². The molecule has 0 saturated heterocycles. The van der Waals surface area contributed by atoms with Crippen LogP contribution in [0.5, 0.6) is 0 Å². The van der Waals surface area contributed by atoms with E-state index >= 15 is 0 Å². The highest BCUT2D eigenvalue weighted by Crippen LogP contribution is 2.50. The molecule has 0 aliphatic heterocycles. The maximum absolute atomic E-state index is 2.39. The van der Waals surface area contributed by atoms with Crippen LogP contribution in [0, 0.1) is 17.8 Å². The summed E-state index contributed by atoms with van der Waals surface area (Å²) in [6.07, 6.45) is 21.2. The third kappa shape index (κ3) is 1.52. The Morgan fingerprint density at radius 2 is 1.67 bits per heavy atom. The van der Waals surface area contributed by atoms with Crippen molar-refractivity contribution in [2.75, 3.05) is 0 Å². The molecule has 0 amide bonds. The van der Waals surface area contributed by atoms with Crippen LogP contribution in [-0.4, -0.2) is 0 Å². The Labute approximate surface area is 109 Å². The summed E-state index contributed by atoms with van der Waals surface area (Å²) in [6.45, 7) is 2.32. The standard InChI is InChI=1S/C18H18/c1-12-3-2-4-13-8-10-17-14(7-9-16(12)13)5-6-15-11-18(15)17/h2,4-10,12,15,18H,3,11H2,1H3/b9-7-,10-8-,13-8?,14-7?,16-9?,17-10?/t12?,15?,18-/m0/s1. The van der Waals surface area contributed by atoms with Gasteiger partial charge >= 0.3 is 0 Å². The van der Waals surface area contributed by atoms with E-state index in [4.69, 9.17) is 0 Å². The van der Waals surface area contributed by atoms with E-state index in [1.54, 1.807) is 5.57 Å². The fraction of sp³-hybridized carbons (Fsp3) is 0.333. The summed E-state index contributed by atoms with van der Waals surface area (Å²) in [7, 11) is 0. The molecule has 2 unspecified atom stereocenters. The molecule has 18 heavy (non-hydrogen) atoms. The van der Waals surface area contributed by atoms with Crippen LogP contribution in [0.2, 0.25) is 0 Å². The van der Waals surface area contributed by atoms with E-state index < -0.39 is 0 Å². The zero-order chi connectivity index (χ0) is 12.1. The lowest BCUT2D eigenvalue weighted by Gasteiger charge is -2.20. The minimum Gasteiger partial charge on any atom is -0.0833 e. The van der Waals surface area contributed by atoms with E-state index in [1.165, 1.54) is 29.6 Å². The molecule has 90 valence electrons. The molecule has 0 spiro atoms. The van der Waals surface area contributed by atoms with Crippen molar-refractivity contribution in [3.05, 3.63) is 70.9 Å². The van der Waals surface area contributed by atoms with Crippen LogP contribution in [0.1, 0.15) is 19.8 Å². The highest BCUT2D eigenvalue weighted by atomic mass is 14.4. The van der Waals surface area contributed by atoms with Gasteiger partial charge in [-0.2, -0.15) is 0 Å². The van der Waals surface area contributed by atoms with E-state index in [0.717, 1.165) is 11.8 Å². The second-order valence-electron chi connectivity index (χ2n) is 5.89. The molecule has 0 radical (unpaired) electrons.